The minimum absolute atomic E-state index is 0.0228. The van der Waals surface area contributed by atoms with Gasteiger partial charge < -0.3 is 10.1 Å². The maximum atomic E-state index is 12.2. The minimum atomic E-state index is 0.0228. The first-order chi connectivity index (χ1) is 12.3. The van der Waals surface area contributed by atoms with Gasteiger partial charge in [0.05, 0.1) is 19.7 Å². The standard InChI is InChI=1S/C18H25N5O2/c1-25-17-7-3-2-6-15(17)16(22-9-4-5-10-22)12-20-18(24)8-11-23-14-19-13-21-23/h2-3,6-7,13-14,16H,4-5,8-12H2,1H3,(H,20,24)/t16-/m1/s1. The van der Waals surface area contributed by atoms with Crippen molar-refractivity contribution in [3.63, 3.8) is 0 Å². The molecule has 2 aromatic rings. The highest BCUT2D eigenvalue weighted by Gasteiger charge is 2.26. The predicted molar refractivity (Wildman–Crippen MR) is 94.2 cm³/mol. The molecule has 0 unspecified atom stereocenters. The van der Waals surface area contributed by atoms with Gasteiger partial charge in [-0.25, -0.2) is 4.98 Å². The van der Waals surface area contributed by atoms with Gasteiger partial charge in [0, 0.05) is 18.5 Å². The molecule has 0 aliphatic carbocycles. The van der Waals surface area contributed by atoms with Crippen LogP contribution in [0.25, 0.3) is 0 Å². The average molecular weight is 343 g/mol. The quantitative estimate of drug-likeness (QED) is 0.789. The van der Waals surface area contributed by atoms with Crippen molar-refractivity contribution in [3.05, 3.63) is 42.5 Å². The molecule has 7 heteroatoms. The molecule has 134 valence electrons. The van der Waals surface area contributed by atoms with Crippen LogP contribution in [0.1, 0.15) is 30.9 Å². The zero-order chi connectivity index (χ0) is 17.5. The molecule has 0 spiro atoms. The van der Waals surface area contributed by atoms with E-state index in [1.807, 2.05) is 18.2 Å². The van der Waals surface area contributed by atoms with E-state index in [0.717, 1.165) is 24.4 Å². The maximum absolute atomic E-state index is 12.2. The van der Waals surface area contributed by atoms with Crippen LogP contribution >= 0.6 is 0 Å². The van der Waals surface area contributed by atoms with Gasteiger partial charge in [0.1, 0.15) is 18.4 Å². The van der Waals surface area contributed by atoms with Gasteiger partial charge in [-0.2, -0.15) is 5.10 Å². The Bertz CT molecular complexity index is 668. The summed E-state index contributed by atoms with van der Waals surface area (Å²) in [6.45, 7) is 3.22. The van der Waals surface area contributed by atoms with Crippen molar-refractivity contribution in [2.45, 2.75) is 31.8 Å². The highest BCUT2D eigenvalue weighted by Crippen LogP contribution is 2.31. The maximum Gasteiger partial charge on any atom is 0.221 e. The highest BCUT2D eigenvalue weighted by molar-refractivity contribution is 5.75. The molecule has 1 aromatic heterocycles. The fraction of sp³-hybridized carbons (Fsp3) is 0.500. The summed E-state index contributed by atoms with van der Waals surface area (Å²) in [5.74, 6) is 0.894. The number of para-hydroxylation sites is 1. The van der Waals surface area contributed by atoms with Crippen LogP contribution in [0.5, 0.6) is 5.75 Å². The number of nitrogens with one attached hydrogen (secondary N) is 1. The Hall–Kier alpha value is -2.41. The number of nitrogens with zero attached hydrogens (tertiary/aromatic N) is 4. The van der Waals surface area contributed by atoms with E-state index < -0.39 is 0 Å². The van der Waals surface area contributed by atoms with Gasteiger partial charge in [0.2, 0.25) is 5.91 Å². The summed E-state index contributed by atoms with van der Waals surface area (Å²) in [6, 6.07) is 8.19. The lowest BCUT2D eigenvalue weighted by atomic mass is 10.0. The first-order valence-corrected chi connectivity index (χ1v) is 8.74. The Labute approximate surface area is 148 Å². The fourth-order valence-corrected chi connectivity index (χ4v) is 3.29. The molecular formula is C18H25N5O2. The molecule has 2 heterocycles. The van der Waals surface area contributed by atoms with Crippen molar-refractivity contribution in [3.8, 4) is 5.75 Å². The number of aryl methyl sites for hydroxylation is 1. The van der Waals surface area contributed by atoms with Crippen molar-refractivity contribution in [2.24, 2.45) is 0 Å². The van der Waals surface area contributed by atoms with Gasteiger partial charge in [-0.1, -0.05) is 18.2 Å². The van der Waals surface area contributed by atoms with Crippen LogP contribution in [0.15, 0.2) is 36.9 Å². The van der Waals surface area contributed by atoms with Crippen LogP contribution in [0.3, 0.4) is 0 Å². The monoisotopic (exact) mass is 343 g/mol. The third-order valence-electron chi connectivity index (χ3n) is 4.61. The lowest BCUT2D eigenvalue weighted by Gasteiger charge is -2.29. The van der Waals surface area contributed by atoms with Crippen molar-refractivity contribution in [1.82, 2.24) is 25.0 Å². The lowest BCUT2D eigenvalue weighted by Crippen LogP contribution is -2.37. The molecule has 1 amide bonds. The van der Waals surface area contributed by atoms with E-state index in [-0.39, 0.29) is 11.9 Å². The Morgan fingerprint density at radius 3 is 2.84 bits per heavy atom. The van der Waals surface area contributed by atoms with Crippen molar-refractivity contribution in [2.75, 3.05) is 26.7 Å². The van der Waals surface area contributed by atoms with E-state index >= 15 is 0 Å². The summed E-state index contributed by atoms with van der Waals surface area (Å²) in [4.78, 5) is 18.5. The van der Waals surface area contributed by atoms with E-state index in [0.29, 0.717) is 19.5 Å². The first kappa shape index (κ1) is 17.4. The summed E-state index contributed by atoms with van der Waals surface area (Å²) in [5, 5.41) is 7.09. The largest absolute Gasteiger partial charge is 0.496 e. The Morgan fingerprint density at radius 1 is 1.32 bits per heavy atom. The molecule has 1 fully saturated rings. The summed E-state index contributed by atoms with van der Waals surface area (Å²) in [6.07, 6.45) is 5.89. The summed E-state index contributed by atoms with van der Waals surface area (Å²) >= 11 is 0. The summed E-state index contributed by atoms with van der Waals surface area (Å²) in [5.41, 5.74) is 1.13. The topological polar surface area (TPSA) is 72.3 Å². The smallest absolute Gasteiger partial charge is 0.221 e. The number of rotatable bonds is 8. The normalized spacial score (nSPS) is 15.9. The zero-order valence-electron chi connectivity index (χ0n) is 14.6. The van der Waals surface area contributed by atoms with Gasteiger partial charge in [-0.3, -0.25) is 14.4 Å². The van der Waals surface area contributed by atoms with E-state index in [2.05, 4.69) is 26.4 Å². The van der Waals surface area contributed by atoms with Crippen LogP contribution in [0.2, 0.25) is 0 Å². The number of hydrogen-bond acceptors (Lipinski definition) is 5. The van der Waals surface area contributed by atoms with Crippen molar-refractivity contribution >= 4 is 5.91 Å². The molecule has 1 atom stereocenters. The molecule has 0 radical (unpaired) electrons. The third-order valence-corrected chi connectivity index (χ3v) is 4.61. The number of aromatic nitrogens is 3. The molecule has 3 rings (SSSR count). The number of likely N-dealkylation sites (tertiary alicyclic amines) is 1. The van der Waals surface area contributed by atoms with Crippen LogP contribution in [0, 0.1) is 0 Å². The number of hydrogen-bond donors (Lipinski definition) is 1. The lowest BCUT2D eigenvalue weighted by molar-refractivity contribution is -0.121. The van der Waals surface area contributed by atoms with E-state index in [4.69, 9.17) is 4.74 Å². The number of carbonyl (C=O) groups excluding carboxylic acids is 1. The van der Waals surface area contributed by atoms with E-state index in [9.17, 15) is 4.79 Å². The first-order valence-electron chi connectivity index (χ1n) is 8.74. The Morgan fingerprint density at radius 2 is 2.12 bits per heavy atom. The SMILES string of the molecule is COc1ccccc1[C@@H](CNC(=O)CCn1cncn1)N1CCCC1. The molecule has 1 N–H and O–H groups in total. The second-order valence-corrected chi connectivity index (χ2v) is 6.21. The van der Waals surface area contributed by atoms with Crippen molar-refractivity contribution in [1.29, 1.82) is 0 Å². The fourth-order valence-electron chi connectivity index (χ4n) is 3.29. The number of benzene rings is 1. The Kier molecular flexibility index (Phi) is 6.00. The second kappa shape index (κ2) is 8.62. The van der Waals surface area contributed by atoms with Gasteiger partial charge >= 0.3 is 0 Å². The molecule has 1 aliphatic heterocycles. The van der Waals surface area contributed by atoms with Crippen LogP contribution in [-0.4, -0.2) is 52.3 Å². The van der Waals surface area contributed by atoms with Gasteiger partial charge in [-0.15, -0.1) is 0 Å². The molecule has 7 nitrogen and oxygen atoms in total. The minimum Gasteiger partial charge on any atom is -0.496 e. The summed E-state index contributed by atoms with van der Waals surface area (Å²) in [7, 11) is 1.69. The number of amides is 1. The molecule has 0 bridgehead atoms. The van der Waals surface area contributed by atoms with E-state index in [1.54, 1.807) is 18.1 Å². The molecule has 1 aliphatic rings. The molecule has 25 heavy (non-hydrogen) atoms. The molecular weight excluding hydrogens is 318 g/mol. The van der Waals surface area contributed by atoms with Crippen molar-refractivity contribution < 1.29 is 9.53 Å². The highest BCUT2D eigenvalue weighted by atomic mass is 16.5. The predicted octanol–water partition coefficient (Wildman–Crippen LogP) is 1.63. The van der Waals surface area contributed by atoms with Crippen LogP contribution < -0.4 is 10.1 Å². The number of methoxy groups -OCH3 is 1. The zero-order valence-corrected chi connectivity index (χ0v) is 14.6. The van der Waals surface area contributed by atoms with E-state index in [1.165, 1.54) is 19.2 Å². The number of ether oxygens (including phenoxy) is 1. The molecule has 1 saturated heterocycles. The molecule has 0 saturated carbocycles. The number of carbonyl (C=O) groups is 1. The summed E-state index contributed by atoms with van der Waals surface area (Å²) < 4.78 is 7.20. The van der Waals surface area contributed by atoms with Gasteiger partial charge in [0.15, 0.2) is 0 Å². The van der Waals surface area contributed by atoms with Gasteiger partial charge in [-0.05, 0) is 32.0 Å². The second-order valence-electron chi connectivity index (χ2n) is 6.21. The average Bonchev–Trinajstić information content (AvgIpc) is 3.34. The van der Waals surface area contributed by atoms with Crippen LogP contribution in [0.4, 0.5) is 0 Å². The van der Waals surface area contributed by atoms with Gasteiger partial charge in [0.25, 0.3) is 0 Å². The Balaban J connectivity index is 1.62. The third kappa shape index (κ3) is 4.57. The van der Waals surface area contributed by atoms with Crippen LogP contribution in [-0.2, 0) is 11.3 Å². The molecule has 1 aromatic carbocycles.